The van der Waals surface area contributed by atoms with Gasteiger partial charge in [-0.2, -0.15) is 5.26 Å². The van der Waals surface area contributed by atoms with Crippen LogP contribution in [-0.2, 0) is 9.53 Å². The van der Waals surface area contributed by atoms with Crippen LogP contribution in [0, 0.1) is 11.3 Å². The SMILES string of the molecule is CCCO[C@](C)(CCC)C(=O)Nc1ccc(OC)cc1C#N. The highest BCUT2D eigenvalue weighted by Crippen LogP contribution is 2.25. The van der Waals surface area contributed by atoms with Gasteiger partial charge in [-0.25, -0.2) is 0 Å². The highest BCUT2D eigenvalue weighted by molar-refractivity contribution is 5.98. The highest BCUT2D eigenvalue weighted by atomic mass is 16.5. The zero-order chi connectivity index (χ0) is 16.6. The molecule has 0 bridgehead atoms. The summed E-state index contributed by atoms with van der Waals surface area (Å²) in [6.07, 6.45) is 2.30. The fourth-order valence-electron chi connectivity index (χ4n) is 2.16. The fourth-order valence-corrected chi connectivity index (χ4v) is 2.16. The van der Waals surface area contributed by atoms with E-state index in [1.165, 1.54) is 7.11 Å². The van der Waals surface area contributed by atoms with E-state index in [4.69, 9.17) is 9.47 Å². The van der Waals surface area contributed by atoms with Crippen LogP contribution in [0.1, 0.15) is 45.6 Å². The van der Waals surface area contributed by atoms with Crippen molar-refractivity contribution in [2.24, 2.45) is 0 Å². The van der Waals surface area contributed by atoms with Gasteiger partial charge in [0.2, 0.25) is 0 Å². The average Bonchev–Trinajstić information content (AvgIpc) is 2.53. The van der Waals surface area contributed by atoms with Crippen LogP contribution in [0.25, 0.3) is 0 Å². The van der Waals surface area contributed by atoms with Crippen molar-refractivity contribution >= 4 is 11.6 Å². The summed E-state index contributed by atoms with van der Waals surface area (Å²) in [6.45, 7) is 6.32. The van der Waals surface area contributed by atoms with Gasteiger partial charge in [0, 0.05) is 6.61 Å². The number of ether oxygens (including phenoxy) is 2. The number of benzene rings is 1. The zero-order valence-electron chi connectivity index (χ0n) is 13.7. The van der Waals surface area contributed by atoms with Gasteiger partial charge in [-0.3, -0.25) is 4.79 Å². The Hall–Kier alpha value is -2.06. The van der Waals surface area contributed by atoms with Crippen LogP contribution >= 0.6 is 0 Å². The molecule has 1 aromatic carbocycles. The molecule has 1 N–H and O–H groups in total. The number of nitrogens with one attached hydrogen (secondary N) is 1. The molecule has 5 nitrogen and oxygen atoms in total. The number of nitrogens with zero attached hydrogens (tertiary/aromatic N) is 1. The first-order valence-corrected chi connectivity index (χ1v) is 7.54. The monoisotopic (exact) mass is 304 g/mol. The predicted octanol–water partition coefficient (Wildman–Crippen LogP) is 3.49. The largest absolute Gasteiger partial charge is 0.497 e. The molecular weight excluding hydrogens is 280 g/mol. The number of hydrogen-bond donors (Lipinski definition) is 1. The maximum Gasteiger partial charge on any atom is 0.256 e. The molecule has 5 heteroatoms. The molecule has 0 fully saturated rings. The number of amides is 1. The predicted molar refractivity (Wildman–Crippen MR) is 85.9 cm³/mol. The molecule has 0 aliphatic carbocycles. The third kappa shape index (κ3) is 4.47. The van der Waals surface area contributed by atoms with E-state index in [1.54, 1.807) is 25.1 Å². The Morgan fingerprint density at radius 1 is 1.36 bits per heavy atom. The number of carbonyl (C=O) groups is 1. The van der Waals surface area contributed by atoms with Crippen LogP contribution in [0.2, 0.25) is 0 Å². The smallest absolute Gasteiger partial charge is 0.256 e. The first-order valence-electron chi connectivity index (χ1n) is 7.54. The second-order valence-corrected chi connectivity index (χ2v) is 5.31. The lowest BCUT2D eigenvalue weighted by Gasteiger charge is -2.28. The molecule has 1 atom stereocenters. The first-order chi connectivity index (χ1) is 10.5. The zero-order valence-corrected chi connectivity index (χ0v) is 13.7. The van der Waals surface area contributed by atoms with Crippen LogP contribution in [0.5, 0.6) is 5.75 Å². The quantitative estimate of drug-likeness (QED) is 0.798. The van der Waals surface area contributed by atoms with E-state index in [0.29, 0.717) is 30.0 Å². The average molecular weight is 304 g/mol. The van der Waals surface area contributed by atoms with Gasteiger partial charge in [-0.05, 0) is 38.0 Å². The number of rotatable bonds is 8. The van der Waals surface area contributed by atoms with Gasteiger partial charge in [0.05, 0.1) is 18.4 Å². The van der Waals surface area contributed by atoms with Gasteiger partial charge in [-0.1, -0.05) is 20.3 Å². The number of nitriles is 1. The number of methoxy groups -OCH3 is 1. The minimum Gasteiger partial charge on any atom is -0.497 e. The molecule has 0 aliphatic rings. The van der Waals surface area contributed by atoms with E-state index < -0.39 is 5.60 Å². The minimum atomic E-state index is -0.891. The van der Waals surface area contributed by atoms with Crippen molar-refractivity contribution in [3.8, 4) is 11.8 Å². The summed E-state index contributed by atoms with van der Waals surface area (Å²) < 4.78 is 10.8. The van der Waals surface area contributed by atoms with Gasteiger partial charge in [0.25, 0.3) is 5.91 Å². The van der Waals surface area contributed by atoms with Gasteiger partial charge in [0.1, 0.15) is 17.4 Å². The third-order valence-corrected chi connectivity index (χ3v) is 3.43. The van der Waals surface area contributed by atoms with Crippen LogP contribution in [0.15, 0.2) is 18.2 Å². The number of hydrogen-bond acceptors (Lipinski definition) is 4. The molecule has 0 spiro atoms. The summed E-state index contributed by atoms with van der Waals surface area (Å²) in [4.78, 5) is 12.6. The normalized spacial score (nSPS) is 13.0. The summed E-state index contributed by atoms with van der Waals surface area (Å²) in [5.74, 6) is 0.345. The molecule has 0 radical (unpaired) electrons. The topological polar surface area (TPSA) is 71.3 Å². The molecule has 0 saturated carbocycles. The molecule has 0 aromatic heterocycles. The molecule has 0 saturated heterocycles. The van der Waals surface area contributed by atoms with Crippen molar-refractivity contribution < 1.29 is 14.3 Å². The van der Waals surface area contributed by atoms with Crippen LogP contribution < -0.4 is 10.1 Å². The van der Waals surface area contributed by atoms with E-state index in [0.717, 1.165) is 12.8 Å². The van der Waals surface area contributed by atoms with Crippen molar-refractivity contribution in [3.05, 3.63) is 23.8 Å². The van der Waals surface area contributed by atoms with Gasteiger partial charge in [0.15, 0.2) is 0 Å². The van der Waals surface area contributed by atoms with Crippen LogP contribution in [0.3, 0.4) is 0 Å². The summed E-state index contributed by atoms with van der Waals surface area (Å²) >= 11 is 0. The summed E-state index contributed by atoms with van der Waals surface area (Å²) in [5.41, 5.74) is -0.0602. The van der Waals surface area contributed by atoms with Crippen molar-refractivity contribution in [2.45, 2.75) is 45.6 Å². The lowest BCUT2D eigenvalue weighted by molar-refractivity contribution is -0.140. The lowest BCUT2D eigenvalue weighted by atomic mass is 9.98. The van der Waals surface area contributed by atoms with E-state index in [-0.39, 0.29) is 5.91 Å². The number of carbonyl (C=O) groups excluding carboxylic acids is 1. The molecule has 1 aromatic rings. The second-order valence-electron chi connectivity index (χ2n) is 5.31. The van der Waals surface area contributed by atoms with Crippen molar-refractivity contribution in [1.29, 1.82) is 5.26 Å². The Bertz CT molecular complexity index is 551. The van der Waals surface area contributed by atoms with Crippen molar-refractivity contribution in [2.75, 3.05) is 19.0 Å². The maximum atomic E-state index is 12.6. The van der Waals surface area contributed by atoms with Crippen LogP contribution in [-0.4, -0.2) is 25.2 Å². The molecule has 22 heavy (non-hydrogen) atoms. The third-order valence-electron chi connectivity index (χ3n) is 3.43. The van der Waals surface area contributed by atoms with Crippen LogP contribution in [0.4, 0.5) is 5.69 Å². The Kier molecular flexibility index (Phi) is 6.87. The van der Waals surface area contributed by atoms with Gasteiger partial charge < -0.3 is 14.8 Å². The maximum absolute atomic E-state index is 12.6. The summed E-state index contributed by atoms with van der Waals surface area (Å²) in [5, 5.41) is 12.0. The molecule has 0 unspecified atom stereocenters. The molecular formula is C17H24N2O3. The Morgan fingerprint density at radius 2 is 2.09 bits per heavy atom. The first kappa shape index (κ1) is 18.0. The highest BCUT2D eigenvalue weighted by Gasteiger charge is 2.33. The Morgan fingerprint density at radius 3 is 2.64 bits per heavy atom. The van der Waals surface area contributed by atoms with E-state index in [2.05, 4.69) is 11.4 Å². The molecule has 0 aliphatic heterocycles. The lowest BCUT2D eigenvalue weighted by Crippen LogP contribution is -2.43. The molecule has 120 valence electrons. The Labute approximate surface area is 132 Å². The van der Waals surface area contributed by atoms with Crippen molar-refractivity contribution in [1.82, 2.24) is 0 Å². The van der Waals surface area contributed by atoms with Crippen molar-refractivity contribution in [3.63, 3.8) is 0 Å². The summed E-state index contributed by atoms with van der Waals surface area (Å²) in [7, 11) is 1.53. The minimum absolute atomic E-state index is 0.232. The van der Waals surface area contributed by atoms with E-state index in [9.17, 15) is 10.1 Å². The standard InChI is InChI=1S/C17H24N2O3/c1-5-9-17(3,22-10-6-2)16(20)19-15-8-7-14(21-4)11-13(15)12-18/h7-8,11H,5-6,9-10H2,1-4H3,(H,19,20)/t17-/m1/s1. The summed E-state index contributed by atoms with van der Waals surface area (Å²) in [6, 6.07) is 7.04. The number of anilines is 1. The van der Waals surface area contributed by atoms with Gasteiger partial charge in [-0.15, -0.1) is 0 Å². The molecule has 0 heterocycles. The fraction of sp³-hybridized carbons (Fsp3) is 0.529. The Balaban J connectivity index is 2.96. The van der Waals surface area contributed by atoms with E-state index >= 15 is 0 Å². The molecule has 1 amide bonds. The van der Waals surface area contributed by atoms with Gasteiger partial charge >= 0.3 is 0 Å². The molecule has 1 rings (SSSR count). The van der Waals surface area contributed by atoms with E-state index in [1.807, 2.05) is 13.8 Å². The second kappa shape index (κ2) is 8.40.